The number of allylic oxidation sites excluding steroid dienone is 1. The van der Waals surface area contributed by atoms with Crippen molar-refractivity contribution >= 4 is 6.08 Å². The van der Waals surface area contributed by atoms with Crippen LogP contribution in [0.25, 0.3) is 17.2 Å². The predicted molar refractivity (Wildman–Crippen MR) is 83.5 cm³/mol. The third-order valence-electron chi connectivity index (χ3n) is 4.31. The Morgan fingerprint density at radius 2 is 1.68 bits per heavy atom. The first-order valence-electron chi connectivity index (χ1n) is 6.94. The Hall–Kier alpha value is -1.82. The molecule has 0 aromatic heterocycles. The van der Waals surface area contributed by atoms with Crippen LogP contribution in [0.3, 0.4) is 0 Å². The van der Waals surface area contributed by atoms with E-state index in [1.807, 2.05) is 0 Å². The van der Waals surface area contributed by atoms with E-state index in [1.165, 1.54) is 33.4 Å². The lowest BCUT2D eigenvalue weighted by molar-refractivity contribution is 0.658. The maximum absolute atomic E-state index is 2.34. The molecule has 0 saturated carbocycles. The van der Waals surface area contributed by atoms with Gasteiger partial charge in [-0.1, -0.05) is 62.4 Å². The minimum atomic E-state index is 0.0901. The van der Waals surface area contributed by atoms with E-state index in [-0.39, 0.29) is 5.41 Å². The SMILES string of the molecule is C/C=C\c1c(C)ccc2c1C(C)(C)c1ccccc1-2. The molecule has 2 aromatic rings. The highest BCUT2D eigenvalue weighted by molar-refractivity contribution is 5.85. The molecule has 0 saturated heterocycles. The second kappa shape index (κ2) is 4.09. The van der Waals surface area contributed by atoms with Crippen molar-refractivity contribution in [3.8, 4) is 11.1 Å². The number of aryl methyl sites for hydroxylation is 1. The molecule has 0 heteroatoms. The highest BCUT2D eigenvalue weighted by Gasteiger charge is 2.36. The van der Waals surface area contributed by atoms with E-state index in [4.69, 9.17) is 0 Å². The highest BCUT2D eigenvalue weighted by Crippen LogP contribution is 2.50. The summed E-state index contributed by atoms with van der Waals surface area (Å²) < 4.78 is 0. The summed E-state index contributed by atoms with van der Waals surface area (Å²) >= 11 is 0. The maximum Gasteiger partial charge on any atom is 0.0164 e. The molecule has 0 bridgehead atoms. The lowest BCUT2D eigenvalue weighted by Crippen LogP contribution is -2.16. The number of hydrogen-bond donors (Lipinski definition) is 0. The fourth-order valence-electron chi connectivity index (χ4n) is 3.40. The van der Waals surface area contributed by atoms with E-state index in [9.17, 15) is 0 Å². The second-order valence-corrected chi connectivity index (χ2v) is 5.89. The molecule has 0 unspecified atom stereocenters. The van der Waals surface area contributed by atoms with E-state index in [0.717, 1.165) is 0 Å². The average molecular weight is 248 g/mol. The van der Waals surface area contributed by atoms with Crippen LogP contribution >= 0.6 is 0 Å². The van der Waals surface area contributed by atoms with Gasteiger partial charge in [-0.15, -0.1) is 0 Å². The van der Waals surface area contributed by atoms with Crippen LogP contribution < -0.4 is 0 Å². The zero-order valence-electron chi connectivity index (χ0n) is 12.1. The molecular weight excluding hydrogens is 228 g/mol. The first-order valence-corrected chi connectivity index (χ1v) is 6.94. The molecule has 0 fully saturated rings. The van der Waals surface area contributed by atoms with Gasteiger partial charge in [-0.2, -0.15) is 0 Å². The largest absolute Gasteiger partial charge is 0.0870 e. The Bertz CT molecular complexity index is 672. The average Bonchev–Trinajstić information content (AvgIpc) is 2.63. The van der Waals surface area contributed by atoms with Crippen LogP contribution in [0, 0.1) is 6.92 Å². The molecule has 0 heterocycles. The molecule has 19 heavy (non-hydrogen) atoms. The standard InChI is InChI=1S/C19H20/c1-5-8-14-13(2)11-12-16-15-9-6-7-10-17(15)19(3,4)18(14)16/h5-12H,1-4H3/b8-5-. The van der Waals surface area contributed by atoms with Crippen molar-refractivity contribution in [1.82, 2.24) is 0 Å². The van der Waals surface area contributed by atoms with Crippen LogP contribution in [-0.2, 0) is 5.41 Å². The highest BCUT2D eigenvalue weighted by atomic mass is 14.4. The Kier molecular flexibility index (Phi) is 2.63. The zero-order valence-corrected chi connectivity index (χ0v) is 12.1. The van der Waals surface area contributed by atoms with Gasteiger partial charge in [-0.05, 0) is 47.2 Å². The molecular formula is C19H20. The quantitative estimate of drug-likeness (QED) is 0.639. The van der Waals surface area contributed by atoms with Crippen molar-refractivity contribution in [2.24, 2.45) is 0 Å². The fourth-order valence-corrected chi connectivity index (χ4v) is 3.40. The Labute approximate surface area is 115 Å². The monoisotopic (exact) mass is 248 g/mol. The van der Waals surface area contributed by atoms with Gasteiger partial charge in [0.2, 0.25) is 0 Å². The zero-order chi connectivity index (χ0) is 13.6. The van der Waals surface area contributed by atoms with Crippen molar-refractivity contribution in [2.75, 3.05) is 0 Å². The second-order valence-electron chi connectivity index (χ2n) is 5.89. The van der Waals surface area contributed by atoms with Gasteiger partial charge in [-0.25, -0.2) is 0 Å². The van der Waals surface area contributed by atoms with Crippen molar-refractivity contribution < 1.29 is 0 Å². The molecule has 0 aliphatic heterocycles. The first kappa shape index (κ1) is 12.2. The van der Waals surface area contributed by atoms with Gasteiger partial charge in [-0.3, -0.25) is 0 Å². The van der Waals surface area contributed by atoms with Gasteiger partial charge >= 0.3 is 0 Å². The Morgan fingerprint density at radius 1 is 0.947 bits per heavy atom. The smallest absolute Gasteiger partial charge is 0.0164 e. The van der Waals surface area contributed by atoms with E-state index >= 15 is 0 Å². The number of benzene rings is 2. The summed E-state index contributed by atoms with van der Waals surface area (Å²) in [5.41, 5.74) is 8.56. The number of hydrogen-bond acceptors (Lipinski definition) is 0. The van der Waals surface area contributed by atoms with E-state index in [0.29, 0.717) is 0 Å². The minimum absolute atomic E-state index is 0.0901. The Balaban J connectivity index is 2.41. The molecule has 0 spiro atoms. The molecule has 2 aromatic carbocycles. The maximum atomic E-state index is 2.34. The normalized spacial score (nSPS) is 15.6. The third kappa shape index (κ3) is 1.59. The van der Waals surface area contributed by atoms with Crippen LogP contribution in [0.4, 0.5) is 0 Å². The molecule has 0 atom stereocenters. The van der Waals surface area contributed by atoms with E-state index < -0.39 is 0 Å². The van der Waals surface area contributed by atoms with Gasteiger partial charge in [0.1, 0.15) is 0 Å². The van der Waals surface area contributed by atoms with E-state index in [2.05, 4.69) is 76.2 Å². The summed E-state index contributed by atoms with van der Waals surface area (Å²) in [6.45, 7) is 8.97. The molecule has 1 aliphatic rings. The fraction of sp³-hybridized carbons (Fsp3) is 0.263. The van der Waals surface area contributed by atoms with Crippen molar-refractivity contribution in [3.63, 3.8) is 0 Å². The molecule has 1 aliphatic carbocycles. The molecule has 0 N–H and O–H groups in total. The third-order valence-corrected chi connectivity index (χ3v) is 4.31. The predicted octanol–water partition coefficient (Wildman–Crippen LogP) is 5.33. The topological polar surface area (TPSA) is 0 Å². The summed E-state index contributed by atoms with van der Waals surface area (Å²) in [5, 5.41) is 0. The Morgan fingerprint density at radius 3 is 2.42 bits per heavy atom. The van der Waals surface area contributed by atoms with Crippen LogP contribution in [0.5, 0.6) is 0 Å². The van der Waals surface area contributed by atoms with Crippen LogP contribution in [-0.4, -0.2) is 0 Å². The van der Waals surface area contributed by atoms with Crippen molar-refractivity contribution in [3.05, 3.63) is 64.7 Å². The van der Waals surface area contributed by atoms with Crippen LogP contribution in [0.1, 0.15) is 43.0 Å². The molecule has 96 valence electrons. The summed E-state index contributed by atoms with van der Waals surface area (Å²) in [7, 11) is 0. The minimum Gasteiger partial charge on any atom is -0.0870 e. The summed E-state index contributed by atoms with van der Waals surface area (Å²) in [6, 6.07) is 13.3. The number of fused-ring (bicyclic) bond motifs is 3. The van der Waals surface area contributed by atoms with Crippen LogP contribution in [0.2, 0.25) is 0 Å². The van der Waals surface area contributed by atoms with Crippen molar-refractivity contribution in [1.29, 1.82) is 0 Å². The van der Waals surface area contributed by atoms with E-state index in [1.54, 1.807) is 0 Å². The van der Waals surface area contributed by atoms with Gasteiger partial charge in [0.05, 0.1) is 0 Å². The summed E-state index contributed by atoms with van der Waals surface area (Å²) in [6.07, 6.45) is 4.39. The lowest BCUT2D eigenvalue weighted by Gasteiger charge is -2.24. The molecule has 3 rings (SSSR count). The molecule has 0 nitrogen and oxygen atoms in total. The van der Waals surface area contributed by atoms with Crippen molar-refractivity contribution in [2.45, 2.75) is 33.1 Å². The van der Waals surface area contributed by atoms with Gasteiger partial charge in [0.25, 0.3) is 0 Å². The van der Waals surface area contributed by atoms with Gasteiger partial charge < -0.3 is 0 Å². The lowest BCUT2D eigenvalue weighted by atomic mass is 9.79. The molecule has 0 radical (unpaired) electrons. The van der Waals surface area contributed by atoms with Crippen LogP contribution in [0.15, 0.2) is 42.5 Å². The molecule has 0 amide bonds. The first-order chi connectivity index (χ1) is 9.07. The summed E-state index contributed by atoms with van der Waals surface area (Å²) in [5.74, 6) is 0. The number of rotatable bonds is 1. The van der Waals surface area contributed by atoms with Gasteiger partial charge in [0.15, 0.2) is 0 Å². The summed E-state index contributed by atoms with van der Waals surface area (Å²) in [4.78, 5) is 0. The van der Waals surface area contributed by atoms with Gasteiger partial charge in [0, 0.05) is 5.41 Å².